The smallest absolute Gasteiger partial charge is 0.320 e. The maximum atomic E-state index is 11.2. The van der Waals surface area contributed by atoms with Gasteiger partial charge in [-0.15, -0.1) is 0 Å². The molecule has 2 aliphatic rings. The molecule has 3 nitrogen and oxygen atoms in total. The van der Waals surface area contributed by atoms with Crippen molar-refractivity contribution >= 4 is 5.97 Å². The highest BCUT2D eigenvalue weighted by molar-refractivity contribution is 5.74. The molecule has 0 aromatic heterocycles. The predicted octanol–water partition coefficient (Wildman–Crippen LogP) is 2.41. The Kier molecular flexibility index (Phi) is 3.24. The fraction of sp³-hybridized carbons (Fsp3) is 0.923. The lowest BCUT2D eigenvalue weighted by Gasteiger charge is -2.40. The zero-order valence-electron chi connectivity index (χ0n) is 10.3. The van der Waals surface area contributed by atoms with E-state index < -0.39 is 5.97 Å². The Hall–Kier alpha value is -0.570. The van der Waals surface area contributed by atoms with Crippen LogP contribution in [0.1, 0.15) is 52.4 Å². The number of rotatable bonds is 4. The minimum atomic E-state index is -0.663. The molecule has 0 saturated heterocycles. The van der Waals surface area contributed by atoms with Crippen molar-refractivity contribution < 1.29 is 9.90 Å². The monoisotopic (exact) mass is 225 g/mol. The predicted molar refractivity (Wildman–Crippen MR) is 63.3 cm³/mol. The summed E-state index contributed by atoms with van der Waals surface area (Å²) in [4.78, 5) is 11.2. The third-order valence-corrected chi connectivity index (χ3v) is 4.25. The van der Waals surface area contributed by atoms with Crippen LogP contribution in [0.5, 0.6) is 0 Å². The second kappa shape index (κ2) is 4.36. The van der Waals surface area contributed by atoms with Gasteiger partial charge in [0.1, 0.15) is 6.04 Å². The van der Waals surface area contributed by atoms with E-state index in [0.717, 1.165) is 19.3 Å². The fourth-order valence-corrected chi connectivity index (χ4v) is 2.86. The van der Waals surface area contributed by atoms with Gasteiger partial charge in [0.25, 0.3) is 0 Å². The van der Waals surface area contributed by atoms with Gasteiger partial charge in [-0.3, -0.25) is 4.79 Å². The summed E-state index contributed by atoms with van der Waals surface area (Å²) in [7, 11) is 0. The average molecular weight is 225 g/mol. The Morgan fingerprint density at radius 1 is 1.31 bits per heavy atom. The number of carboxylic acid groups (broad SMARTS) is 1. The lowest BCUT2D eigenvalue weighted by Crippen LogP contribution is -2.52. The van der Waals surface area contributed by atoms with E-state index in [1.54, 1.807) is 0 Å². The summed E-state index contributed by atoms with van der Waals surface area (Å²) in [5.74, 6) is -0.279. The molecule has 0 bridgehead atoms. The molecule has 16 heavy (non-hydrogen) atoms. The van der Waals surface area contributed by atoms with Crippen LogP contribution in [-0.2, 0) is 4.79 Å². The second-order valence-electron chi connectivity index (χ2n) is 6.11. The van der Waals surface area contributed by atoms with Gasteiger partial charge in [0.05, 0.1) is 0 Å². The Labute approximate surface area is 97.6 Å². The average Bonchev–Trinajstić information content (AvgIpc) is 2.98. The Bertz CT molecular complexity index is 271. The van der Waals surface area contributed by atoms with Crippen LogP contribution in [0.25, 0.3) is 0 Å². The molecule has 2 fully saturated rings. The molecule has 0 aromatic carbocycles. The molecule has 2 saturated carbocycles. The standard InChI is InChI=1S/C13H23NO2/c1-13(2)8-4-3-5-10(13)14-11(12(15)16)9-6-7-9/h9-11,14H,3-8H2,1-2H3,(H,15,16). The molecule has 0 aliphatic heterocycles. The third kappa shape index (κ3) is 2.57. The van der Waals surface area contributed by atoms with Crippen molar-refractivity contribution in [1.29, 1.82) is 0 Å². The van der Waals surface area contributed by atoms with E-state index in [1.807, 2.05) is 0 Å². The summed E-state index contributed by atoms with van der Waals surface area (Å²) in [5, 5.41) is 12.6. The number of nitrogens with one attached hydrogen (secondary N) is 1. The van der Waals surface area contributed by atoms with Crippen LogP contribution in [0.3, 0.4) is 0 Å². The van der Waals surface area contributed by atoms with Crippen LogP contribution in [0.4, 0.5) is 0 Å². The van der Waals surface area contributed by atoms with E-state index in [0.29, 0.717) is 12.0 Å². The lowest BCUT2D eigenvalue weighted by atomic mass is 9.73. The number of hydrogen-bond donors (Lipinski definition) is 2. The Balaban J connectivity index is 1.98. The van der Waals surface area contributed by atoms with Gasteiger partial charge >= 0.3 is 5.97 Å². The highest BCUT2D eigenvalue weighted by atomic mass is 16.4. The first-order valence-corrected chi connectivity index (χ1v) is 6.49. The van der Waals surface area contributed by atoms with Crippen LogP contribution in [0.15, 0.2) is 0 Å². The number of aliphatic carboxylic acids is 1. The van der Waals surface area contributed by atoms with Crippen LogP contribution in [0.2, 0.25) is 0 Å². The van der Waals surface area contributed by atoms with Crippen molar-refractivity contribution in [2.75, 3.05) is 0 Å². The molecule has 3 heteroatoms. The summed E-state index contributed by atoms with van der Waals surface area (Å²) in [6.07, 6.45) is 7.02. The maximum Gasteiger partial charge on any atom is 0.320 e. The molecule has 2 unspecified atom stereocenters. The number of carboxylic acids is 1. The van der Waals surface area contributed by atoms with Crippen molar-refractivity contribution in [2.45, 2.75) is 64.5 Å². The molecule has 0 spiro atoms. The first-order chi connectivity index (χ1) is 7.50. The first kappa shape index (κ1) is 11.9. The van der Waals surface area contributed by atoms with Crippen molar-refractivity contribution in [1.82, 2.24) is 5.32 Å². The lowest BCUT2D eigenvalue weighted by molar-refractivity contribution is -0.140. The highest BCUT2D eigenvalue weighted by Crippen LogP contribution is 2.38. The Morgan fingerprint density at radius 2 is 2.00 bits per heavy atom. The summed E-state index contributed by atoms with van der Waals surface area (Å²) >= 11 is 0. The maximum absolute atomic E-state index is 11.2. The van der Waals surface area contributed by atoms with Crippen LogP contribution < -0.4 is 5.32 Å². The van der Waals surface area contributed by atoms with Gasteiger partial charge in [-0.25, -0.2) is 0 Å². The van der Waals surface area contributed by atoms with E-state index in [-0.39, 0.29) is 11.5 Å². The van der Waals surface area contributed by atoms with Gasteiger partial charge in [-0.2, -0.15) is 0 Å². The van der Waals surface area contributed by atoms with Crippen LogP contribution in [0, 0.1) is 11.3 Å². The van der Waals surface area contributed by atoms with Gasteiger partial charge in [0.2, 0.25) is 0 Å². The summed E-state index contributed by atoms with van der Waals surface area (Å²) in [5.41, 5.74) is 0.251. The van der Waals surface area contributed by atoms with Gasteiger partial charge in [-0.05, 0) is 37.0 Å². The summed E-state index contributed by atoms with van der Waals surface area (Å²) in [6, 6.07) is 0.0744. The number of carbonyl (C=O) groups is 1. The minimum Gasteiger partial charge on any atom is -0.480 e. The normalized spacial score (nSPS) is 31.0. The van der Waals surface area contributed by atoms with Crippen molar-refractivity contribution in [2.24, 2.45) is 11.3 Å². The second-order valence-corrected chi connectivity index (χ2v) is 6.11. The molecule has 0 amide bonds. The van der Waals surface area contributed by atoms with Crippen LogP contribution in [-0.4, -0.2) is 23.2 Å². The Morgan fingerprint density at radius 3 is 2.50 bits per heavy atom. The third-order valence-electron chi connectivity index (χ3n) is 4.25. The molecule has 0 radical (unpaired) electrons. The van der Waals surface area contributed by atoms with E-state index in [4.69, 9.17) is 0 Å². The minimum absolute atomic E-state index is 0.251. The molecule has 0 aromatic rings. The molecule has 2 rings (SSSR count). The van der Waals surface area contributed by atoms with E-state index in [9.17, 15) is 9.90 Å². The van der Waals surface area contributed by atoms with Gasteiger partial charge < -0.3 is 10.4 Å². The topological polar surface area (TPSA) is 49.3 Å². The van der Waals surface area contributed by atoms with E-state index >= 15 is 0 Å². The first-order valence-electron chi connectivity index (χ1n) is 6.49. The van der Waals surface area contributed by atoms with Gasteiger partial charge in [0.15, 0.2) is 0 Å². The SMILES string of the molecule is CC1(C)CCCCC1NC(C(=O)O)C1CC1. The number of hydrogen-bond acceptors (Lipinski definition) is 2. The van der Waals surface area contributed by atoms with E-state index in [2.05, 4.69) is 19.2 Å². The van der Waals surface area contributed by atoms with Crippen molar-refractivity contribution in [3.63, 3.8) is 0 Å². The zero-order chi connectivity index (χ0) is 11.8. The summed E-state index contributed by atoms with van der Waals surface area (Å²) in [6.45, 7) is 4.52. The fourth-order valence-electron chi connectivity index (χ4n) is 2.86. The highest BCUT2D eigenvalue weighted by Gasteiger charge is 2.41. The molecule has 2 aliphatic carbocycles. The molecule has 2 atom stereocenters. The van der Waals surface area contributed by atoms with Crippen LogP contribution >= 0.6 is 0 Å². The quantitative estimate of drug-likeness (QED) is 0.772. The largest absolute Gasteiger partial charge is 0.480 e. The molecule has 0 heterocycles. The molecule has 2 N–H and O–H groups in total. The van der Waals surface area contributed by atoms with Gasteiger partial charge in [0, 0.05) is 6.04 Å². The van der Waals surface area contributed by atoms with Gasteiger partial charge in [-0.1, -0.05) is 26.7 Å². The van der Waals surface area contributed by atoms with Crippen molar-refractivity contribution in [3.05, 3.63) is 0 Å². The summed E-state index contributed by atoms with van der Waals surface area (Å²) < 4.78 is 0. The molecular weight excluding hydrogens is 202 g/mol. The van der Waals surface area contributed by atoms with E-state index in [1.165, 1.54) is 19.3 Å². The molecule has 92 valence electrons. The van der Waals surface area contributed by atoms with Crippen molar-refractivity contribution in [3.8, 4) is 0 Å². The zero-order valence-corrected chi connectivity index (χ0v) is 10.3. The molecular formula is C13H23NO2.